The fraction of sp³-hybridized carbons (Fsp3) is 0.750. The fourth-order valence-corrected chi connectivity index (χ4v) is 6.44. The summed E-state index contributed by atoms with van der Waals surface area (Å²) in [6, 6.07) is 4.74. The third-order valence-corrected chi connectivity index (χ3v) is 8.44. The van der Waals surface area contributed by atoms with Crippen LogP contribution >= 0.6 is 11.8 Å². The molecule has 2 aliphatic carbocycles. The van der Waals surface area contributed by atoms with Crippen LogP contribution in [0.5, 0.6) is 0 Å². The molecular formula is C24H34N4O2S. The van der Waals surface area contributed by atoms with Crippen molar-refractivity contribution in [1.29, 1.82) is 10.5 Å². The van der Waals surface area contributed by atoms with Gasteiger partial charge in [-0.25, -0.2) is 0 Å². The molecule has 168 valence electrons. The molecule has 0 aromatic heterocycles. The standard InChI is InChI=1S/C24H34N4O2S/c1-23(2,3)16-9-11-24(12-10-16)18(13-25)21(30)28-22(19(24)14-26)31-15-20(29)27-17-7-5-4-6-8-17/h16-18H,4-12,15H2,1-3H3,(H,27,29)(H,28,30)/t16?,18-,24?/m0/s1. The first-order valence-corrected chi connectivity index (χ1v) is 12.5. The molecule has 1 spiro atoms. The van der Waals surface area contributed by atoms with Gasteiger partial charge in [-0.3, -0.25) is 9.59 Å². The number of nitrogens with one attached hydrogen (secondary N) is 2. The highest BCUT2D eigenvalue weighted by Crippen LogP contribution is 2.55. The molecule has 6 nitrogen and oxygen atoms in total. The van der Waals surface area contributed by atoms with E-state index in [0.29, 0.717) is 29.4 Å². The molecule has 3 rings (SSSR count). The average Bonchev–Trinajstić information content (AvgIpc) is 2.73. The van der Waals surface area contributed by atoms with E-state index in [0.717, 1.165) is 38.5 Å². The Morgan fingerprint density at radius 3 is 2.35 bits per heavy atom. The van der Waals surface area contributed by atoms with Crippen LogP contribution in [0.3, 0.4) is 0 Å². The van der Waals surface area contributed by atoms with Crippen LogP contribution in [0.25, 0.3) is 0 Å². The lowest BCUT2D eigenvalue weighted by atomic mass is 9.56. The molecule has 0 radical (unpaired) electrons. The molecule has 0 unspecified atom stereocenters. The quantitative estimate of drug-likeness (QED) is 0.671. The number of thioether (sulfide) groups is 1. The van der Waals surface area contributed by atoms with E-state index in [1.54, 1.807) is 0 Å². The molecule has 2 N–H and O–H groups in total. The number of nitriles is 2. The molecule has 2 saturated carbocycles. The second-order valence-corrected chi connectivity index (χ2v) is 11.3. The molecule has 0 aromatic carbocycles. The van der Waals surface area contributed by atoms with Crippen molar-refractivity contribution in [2.24, 2.45) is 22.7 Å². The maximum Gasteiger partial charge on any atom is 0.243 e. The summed E-state index contributed by atoms with van der Waals surface area (Å²) in [5.74, 6) is -0.604. The minimum Gasteiger partial charge on any atom is -0.353 e. The fourth-order valence-electron chi connectivity index (χ4n) is 5.51. The number of nitrogens with zero attached hydrogens (tertiary/aromatic N) is 2. The van der Waals surface area contributed by atoms with Crippen LogP contribution < -0.4 is 10.6 Å². The Labute approximate surface area is 190 Å². The van der Waals surface area contributed by atoms with Crippen molar-refractivity contribution in [3.05, 3.63) is 10.6 Å². The van der Waals surface area contributed by atoms with Crippen LogP contribution in [0.1, 0.15) is 78.6 Å². The van der Waals surface area contributed by atoms with Gasteiger partial charge >= 0.3 is 0 Å². The molecule has 3 aliphatic rings. The van der Waals surface area contributed by atoms with Crippen LogP contribution in [0.2, 0.25) is 0 Å². The van der Waals surface area contributed by atoms with E-state index in [1.807, 2.05) is 0 Å². The Balaban J connectivity index is 1.77. The van der Waals surface area contributed by atoms with Gasteiger partial charge in [-0.2, -0.15) is 10.5 Å². The number of allylic oxidation sites excluding steroid dienone is 1. The Morgan fingerprint density at radius 1 is 1.16 bits per heavy atom. The van der Waals surface area contributed by atoms with Gasteiger partial charge in [0.2, 0.25) is 11.8 Å². The van der Waals surface area contributed by atoms with Crippen LogP contribution in [-0.2, 0) is 9.59 Å². The topological polar surface area (TPSA) is 106 Å². The van der Waals surface area contributed by atoms with Crippen molar-refractivity contribution in [3.8, 4) is 12.1 Å². The SMILES string of the molecule is CC(C)(C)C1CCC2(CC1)C(C#N)=C(SCC(=O)NC1CCCCC1)NC(=O)[C@@H]2C#N. The van der Waals surface area contributed by atoms with Gasteiger partial charge in [0.1, 0.15) is 5.92 Å². The Kier molecular flexibility index (Phi) is 7.37. The summed E-state index contributed by atoms with van der Waals surface area (Å²) in [5, 5.41) is 26.2. The summed E-state index contributed by atoms with van der Waals surface area (Å²) >= 11 is 1.22. The highest BCUT2D eigenvalue weighted by molar-refractivity contribution is 8.03. The normalized spacial score (nSPS) is 29.8. The molecule has 0 aromatic rings. The lowest BCUT2D eigenvalue weighted by Crippen LogP contribution is -2.50. The smallest absolute Gasteiger partial charge is 0.243 e. The maximum absolute atomic E-state index is 12.8. The number of hydrogen-bond acceptors (Lipinski definition) is 5. The monoisotopic (exact) mass is 442 g/mol. The molecule has 2 amide bonds. The van der Waals surface area contributed by atoms with Gasteiger partial charge in [-0.15, -0.1) is 0 Å². The van der Waals surface area contributed by atoms with E-state index in [1.165, 1.54) is 18.2 Å². The minimum absolute atomic E-state index is 0.0659. The zero-order chi connectivity index (χ0) is 22.6. The molecule has 1 atom stereocenters. The van der Waals surface area contributed by atoms with Crippen molar-refractivity contribution < 1.29 is 9.59 Å². The highest BCUT2D eigenvalue weighted by atomic mass is 32.2. The Morgan fingerprint density at radius 2 is 1.81 bits per heavy atom. The Bertz CT molecular complexity index is 816. The number of carbonyl (C=O) groups is 2. The van der Waals surface area contributed by atoms with Crippen molar-refractivity contribution in [2.75, 3.05) is 5.75 Å². The van der Waals surface area contributed by atoms with Crippen LogP contribution in [-0.4, -0.2) is 23.6 Å². The summed E-state index contributed by atoms with van der Waals surface area (Å²) in [7, 11) is 0. The van der Waals surface area contributed by atoms with Crippen molar-refractivity contribution >= 4 is 23.6 Å². The van der Waals surface area contributed by atoms with E-state index in [9.17, 15) is 20.1 Å². The van der Waals surface area contributed by atoms with E-state index < -0.39 is 11.3 Å². The molecule has 2 fully saturated rings. The zero-order valence-corrected chi connectivity index (χ0v) is 19.7. The van der Waals surface area contributed by atoms with Crippen LogP contribution in [0.15, 0.2) is 10.6 Å². The van der Waals surface area contributed by atoms with Crippen LogP contribution in [0, 0.1) is 45.3 Å². The predicted molar refractivity (Wildman–Crippen MR) is 121 cm³/mol. The predicted octanol–water partition coefficient (Wildman–Crippen LogP) is 4.40. The van der Waals surface area contributed by atoms with E-state index in [4.69, 9.17) is 0 Å². The Hall–Kier alpha value is -1.99. The second kappa shape index (κ2) is 9.65. The zero-order valence-electron chi connectivity index (χ0n) is 18.9. The molecule has 0 saturated heterocycles. The third kappa shape index (κ3) is 5.09. The number of amides is 2. The lowest BCUT2D eigenvalue weighted by molar-refractivity contribution is -0.127. The van der Waals surface area contributed by atoms with Gasteiger partial charge in [0.15, 0.2) is 0 Å². The summed E-state index contributed by atoms with van der Waals surface area (Å²) in [5.41, 5.74) is -0.0941. The second-order valence-electron chi connectivity index (χ2n) is 10.4. The van der Waals surface area contributed by atoms with Crippen molar-refractivity contribution in [3.63, 3.8) is 0 Å². The van der Waals surface area contributed by atoms with Gasteiger partial charge in [-0.05, 0) is 49.9 Å². The van der Waals surface area contributed by atoms with Crippen molar-refractivity contribution in [1.82, 2.24) is 10.6 Å². The van der Waals surface area contributed by atoms with Gasteiger partial charge in [0.25, 0.3) is 0 Å². The molecule has 1 aliphatic heterocycles. The van der Waals surface area contributed by atoms with E-state index >= 15 is 0 Å². The number of carbonyl (C=O) groups excluding carboxylic acids is 2. The van der Waals surface area contributed by atoms with Gasteiger partial charge in [0.05, 0.1) is 28.5 Å². The van der Waals surface area contributed by atoms with Crippen molar-refractivity contribution in [2.45, 2.75) is 84.6 Å². The summed E-state index contributed by atoms with van der Waals surface area (Å²) in [6.45, 7) is 6.66. The largest absolute Gasteiger partial charge is 0.353 e. The van der Waals surface area contributed by atoms with Gasteiger partial charge in [-0.1, -0.05) is 51.8 Å². The summed E-state index contributed by atoms with van der Waals surface area (Å²) in [4.78, 5) is 25.3. The van der Waals surface area contributed by atoms with Gasteiger partial charge < -0.3 is 10.6 Å². The molecule has 31 heavy (non-hydrogen) atoms. The maximum atomic E-state index is 12.8. The lowest BCUT2D eigenvalue weighted by Gasteiger charge is -2.47. The van der Waals surface area contributed by atoms with Gasteiger partial charge in [0, 0.05) is 11.5 Å². The number of hydrogen-bond donors (Lipinski definition) is 2. The average molecular weight is 443 g/mol. The molecule has 1 heterocycles. The first-order chi connectivity index (χ1) is 14.7. The van der Waals surface area contributed by atoms with E-state index in [2.05, 4.69) is 43.5 Å². The summed E-state index contributed by atoms with van der Waals surface area (Å²) < 4.78 is 0. The molecule has 0 bridgehead atoms. The summed E-state index contributed by atoms with van der Waals surface area (Å²) in [6.07, 6.45) is 8.63. The minimum atomic E-state index is -0.858. The van der Waals surface area contributed by atoms with Crippen LogP contribution in [0.4, 0.5) is 0 Å². The number of rotatable bonds is 4. The first-order valence-electron chi connectivity index (χ1n) is 11.5. The highest BCUT2D eigenvalue weighted by Gasteiger charge is 2.53. The third-order valence-electron chi connectivity index (χ3n) is 7.44. The molecular weight excluding hydrogens is 408 g/mol. The molecule has 7 heteroatoms. The first kappa shape index (κ1) is 23.7. The van der Waals surface area contributed by atoms with E-state index in [-0.39, 0.29) is 29.0 Å².